The van der Waals surface area contributed by atoms with Gasteiger partial charge in [-0.05, 0) is 64.2 Å². The normalized spacial score (nSPS) is 22.4. The first-order valence-corrected chi connectivity index (χ1v) is 27.2. The van der Waals surface area contributed by atoms with E-state index in [2.05, 4.69) is 47.2 Å². The minimum Gasteiger partial charge on any atom is -0.462 e. The zero-order valence-corrected chi connectivity index (χ0v) is 39.8. The lowest BCUT2D eigenvalue weighted by atomic mass is 9.85. The van der Waals surface area contributed by atoms with Crippen molar-refractivity contribution < 1.29 is 90.6 Å². The Morgan fingerprint density at radius 1 is 0.492 bits per heavy atom. The van der Waals surface area contributed by atoms with Crippen LogP contribution in [0.1, 0.15) is 168 Å². The third-order valence-electron chi connectivity index (χ3n) is 10.2. The van der Waals surface area contributed by atoms with E-state index < -0.39 is 91.3 Å². The summed E-state index contributed by atoms with van der Waals surface area (Å²) in [5.41, 5.74) is 0. The summed E-state index contributed by atoms with van der Waals surface area (Å²) < 4.78 is 65.3. The number of ether oxygens (including phenoxy) is 2. The lowest BCUT2D eigenvalue weighted by Crippen LogP contribution is -2.65. The molecule has 1 rings (SSSR count). The zero-order valence-electron chi connectivity index (χ0n) is 37.1. The third-order valence-corrected chi connectivity index (χ3v) is 12.3. The Kier molecular flexibility index (Phi) is 32.2. The van der Waals surface area contributed by atoms with Gasteiger partial charge in [0.2, 0.25) is 0 Å². The monoisotopic (exact) mass is 966 g/mol. The number of carbonyl (C=O) groups excluding carboxylic acids is 2. The average Bonchev–Trinajstić information content (AvgIpc) is 3.20. The highest BCUT2D eigenvalue weighted by Crippen LogP contribution is 2.51. The third kappa shape index (κ3) is 30.5. The van der Waals surface area contributed by atoms with Crippen molar-refractivity contribution in [1.29, 1.82) is 0 Å². The quantitative estimate of drug-likeness (QED) is 0.0128. The summed E-state index contributed by atoms with van der Waals surface area (Å²) in [7, 11) is -16.6. The van der Waals surface area contributed by atoms with Gasteiger partial charge in [0.15, 0.2) is 6.10 Å². The van der Waals surface area contributed by atoms with Crippen LogP contribution in [0.2, 0.25) is 0 Å². The smallest absolute Gasteiger partial charge is 0.462 e. The van der Waals surface area contributed by atoms with E-state index in [0.717, 1.165) is 77.0 Å². The van der Waals surface area contributed by atoms with Crippen LogP contribution in [-0.4, -0.2) is 108 Å². The minimum absolute atomic E-state index is 0.0126. The molecule has 8 N–H and O–H groups in total. The highest BCUT2D eigenvalue weighted by Gasteiger charge is 2.56. The number of phosphoric acid groups is 3. The van der Waals surface area contributed by atoms with Crippen LogP contribution < -0.4 is 0 Å². The number of aliphatic hydroxyl groups excluding tert-OH is 3. The minimum atomic E-state index is -5.60. The Hall–Kier alpha value is -1.37. The molecule has 22 heteroatoms. The molecule has 8 atom stereocenters. The van der Waals surface area contributed by atoms with Crippen LogP contribution in [-0.2, 0) is 50.9 Å². The molecule has 1 aliphatic rings. The van der Waals surface area contributed by atoms with Crippen LogP contribution in [0.5, 0.6) is 0 Å². The second kappa shape index (κ2) is 34.0. The molecule has 0 bridgehead atoms. The molecule has 370 valence electrons. The Bertz CT molecular complexity index is 1440. The van der Waals surface area contributed by atoms with Crippen molar-refractivity contribution in [3.05, 3.63) is 24.3 Å². The van der Waals surface area contributed by atoms with Crippen LogP contribution in [0.25, 0.3) is 0 Å². The largest absolute Gasteiger partial charge is 0.472 e. The summed E-state index contributed by atoms with van der Waals surface area (Å²) in [5.74, 6) is -1.32. The number of rotatable bonds is 38. The van der Waals surface area contributed by atoms with Gasteiger partial charge >= 0.3 is 35.4 Å². The summed E-state index contributed by atoms with van der Waals surface area (Å²) in [4.78, 5) is 73.0. The molecule has 0 radical (unpaired) electrons. The fourth-order valence-electron chi connectivity index (χ4n) is 6.81. The Morgan fingerprint density at radius 3 is 1.32 bits per heavy atom. The zero-order chi connectivity index (χ0) is 47.2. The lowest BCUT2D eigenvalue weighted by molar-refractivity contribution is -0.213. The van der Waals surface area contributed by atoms with Crippen LogP contribution >= 0.6 is 23.5 Å². The van der Waals surface area contributed by atoms with E-state index in [-0.39, 0.29) is 12.8 Å². The van der Waals surface area contributed by atoms with E-state index in [1.807, 2.05) is 0 Å². The van der Waals surface area contributed by atoms with E-state index in [9.17, 15) is 63.1 Å². The van der Waals surface area contributed by atoms with Gasteiger partial charge in [0.25, 0.3) is 0 Å². The lowest BCUT2D eigenvalue weighted by Gasteiger charge is -2.44. The molecular weight excluding hydrogens is 889 g/mol. The summed E-state index contributed by atoms with van der Waals surface area (Å²) in [6.45, 7) is 2.88. The highest BCUT2D eigenvalue weighted by molar-refractivity contribution is 7.47. The molecule has 0 aromatic heterocycles. The van der Waals surface area contributed by atoms with Gasteiger partial charge in [0.1, 0.15) is 43.2 Å². The molecule has 0 aromatic rings. The van der Waals surface area contributed by atoms with E-state index in [1.165, 1.54) is 51.4 Å². The molecule has 0 aromatic carbocycles. The van der Waals surface area contributed by atoms with E-state index in [0.29, 0.717) is 12.8 Å². The number of allylic oxidation sites excluding steroid dienone is 4. The first-order chi connectivity index (χ1) is 29.8. The number of hydrogen-bond acceptors (Lipinski definition) is 14. The summed E-state index contributed by atoms with van der Waals surface area (Å²) in [5, 5.41) is 31.8. The number of carbonyl (C=O) groups is 2. The fourth-order valence-corrected chi connectivity index (χ4v) is 8.90. The fraction of sp³-hybridized carbons (Fsp3) is 0.854. The molecule has 1 aliphatic carbocycles. The second-order valence-corrected chi connectivity index (χ2v) is 19.8. The molecule has 63 heavy (non-hydrogen) atoms. The van der Waals surface area contributed by atoms with Crippen LogP contribution in [0.3, 0.4) is 0 Å². The maximum absolute atomic E-state index is 13.1. The summed E-state index contributed by atoms with van der Waals surface area (Å²) in [6.07, 6.45) is 15.0. The molecule has 19 nitrogen and oxygen atoms in total. The van der Waals surface area contributed by atoms with Gasteiger partial charge in [0, 0.05) is 12.8 Å². The number of hydrogen-bond donors (Lipinski definition) is 8. The Morgan fingerprint density at radius 2 is 0.873 bits per heavy atom. The van der Waals surface area contributed by atoms with Crippen molar-refractivity contribution in [2.45, 2.75) is 211 Å². The van der Waals surface area contributed by atoms with E-state index in [4.69, 9.17) is 18.5 Å². The van der Waals surface area contributed by atoms with Crippen molar-refractivity contribution in [1.82, 2.24) is 0 Å². The number of unbranched alkanes of at least 4 members (excludes halogenated alkanes) is 18. The van der Waals surface area contributed by atoms with Crippen LogP contribution in [0, 0.1) is 0 Å². The number of aliphatic hydroxyl groups is 3. The van der Waals surface area contributed by atoms with Gasteiger partial charge in [-0.25, -0.2) is 13.7 Å². The maximum Gasteiger partial charge on any atom is 0.472 e. The van der Waals surface area contributed by atoms with Crippen molar-refractivity contribution >= 4 is 35.4 Å². The van der Waals surface area contributed by atoms with Gasteiger partial charge in [-0.15, -0.1) is 0 Å². The molecule has 0 aliphatic heterocycles. The Labute approximate surface area is 373 Å². The van der Waals surface area contributed by atoms with Crippen LogP contribution in [0.4, 0.5) is 0 Å². The van der Waals surface area contributed by atoms with Crippen molar-refractivity contribution in [3.63, 3.8) is 0 Å². The molecule has 0 saturated heterocycles. The molecule has 1 fully saturated rings. The first-order valence-electron chi connectivity index (χ1n) is 22.6. The van der Waals surface area contributed by atoms with Gasteiger partial charge in [-0.1, -0.05) is 115 Å². The predicted molar refractivity (Wildman–Crippen MR) is 234 cm³/mol. The van der Waals surface area contributed by atoms with Crippen molar-refractivity contribution in [2.24, 2.45) is 0 Å². The number of esters is 2. The van der Waals surface area contributed by atoms with E-state index in [1.54, 1.807) is 0 Å². The predicted octanol–water partition coefficient (Wildman–Crippen LogP) is 7.51. The van der Waals surface area contributed by atoms with Crippen molar-refractivity contribution in [3.8, 4) is 0 Å². The average molecular weight is 967 g/mol. The molecule has 0 amide bonds. The topological polar surface area (TPSA) is 303 Å². The molecule has 1 saturated carbocycles. The van der Waals surface area contributed by atoms with Crippen LogP contribution in [0.15, 0.2) is 24.3 Å². The van der Waals surface area contributed by atoms with Gasteiger partial charge in [-0.3, -0.25) is 27.7 Å². The molecular formula is C41H77O19P3. The standard InChI is InChI=1S/C41H77O19P3/c1-3-5-7-9-11-13-15-17-19-21-23-25-27-29-34(42)55-31-33(57-35(43)30-28-26-24-22-20-18-16-14-12-10-8-6-4-2)32-56-63(53,54)60-39-36(44)37(45)40(58-61(47,48)49)41(38(39)46)59-62(50,51)52/h13-16,33,36-41,44-46H,3-12,17-32H2,1-2H3,(H,53,54)(H2,47,48,49)(H2,50,51,52)/b15-13-,16-14-/t33-,36?,37?,38?,39+,40?,41+/m1/s1. The van der Waals surface area contributed by atoms with Gasteiger partial charge in [0.05, 0.1) is 6.61 Å². The van der Waals surface area contributed by atoms with Gasteiger partial charge < -0.3 is 49.3 Å². The van der Waals surface area contributed by atoms with Gasteiger partial charge in [-0.2, -0.15) is 0 Å². The van der Waals surface area contributed by atoms with E-state index >= 15 is 0 Å². The molecule has 0 heterocycles. The second-order valence-electron chi connectivity index (χ2n) is 16.0. The summed E-state index contributed by atoms with van der Waals surface area (Å²) >= 11 is 0. The number of phosphoric ester groups is 3. The molecule has 5 unspecified atom stereocenters. The van der Waals surface area contributed by atoms with Crippen molar-refractivity contribution in [2.75, 3.05) is 13.2 Å². The first kappa shape index (κ1) is 59.6. The summed E-state index contributed by atoms with van der Waals surface area (Å²) in [6, 6.07) is 0. The maximum atomic E-state index is 13.1. The Balaban J connectivity index is 2.78. The highest BCUT2D eigenvalue weighted by atomic mass is 31.2. The molecule has 0 spiro atoms. The SMILES string of the molecule is CCCCCC/C=C\CCCCCCCC(=O)OC[C@H](COP(=O)(O)O[C@H]1C(O)C(O)C(OP(=O)(O)O)[C@@H](OP(=O)(O)O)C1O)OC(=O)CCCCCCC/C=C\CCCCCC.